The van der Waals surface area contributed by atoms with Crippen LogP contribution in [0.5, 0.6) is 5.75 Å². The molecule has 0 amide bonds. The van der Waals surface area contributed by atoms with Crippen LogP contribution in [0.3, 0.4) is 0 Å². The first kappa shape index (κ1) is 16.8. The lowest BCUT2D eigenvalue weighted by molar-refractivity contribution is -0.148. The zero-order valence-electron chi connectivity index (χ0n) is 13.9. The van der Waals surface area contributed by atoms with Crippen LogP contribution in [-0.4, -0.2) is 32.3 Å². The normalized spacial score (nSPS) is 18.2. The second-order valence-electron chi connectivity index (χ2n) is 5.58. The van der Waals surface area contributed by atoms with E-state index in [1.807, 2.05) is 0 Å². The molecule has 2 atom stereocenters. The number of carbonyl (C=O) groups is 2. The minimum Gasteiger partial charge on any atom is -0.477 e. The first-order valence-corrected chi connectivity index (χ1v) is 7.53. The third kappa shape index (κ3) is 2.88. The Hall–Kier alpha value is -3.09. The van der Waals surface area contributed by atoms with Crippen LogP contribution < -0.4 is 10.4 Å². The number of carbonyl (C=O) groups excluding carboxylic acids is 2. The van der Waals surface area contributed by atoms with Crippen molar-refractivity contribution in [2.75, 3.05) is 14.2 Å². The molecule has 0 radical (unpaired) electrons. The molecule has 0 saturated carbocycles. The largest absolute Gasteiger partial charge is 0.477 e. The molecule has 1 aliphatic rings. The lowest BCUT2D eigenvalue weighted by Gasteiger charge is -2.17. The molecule has 0 aliphatic carbocycles. The summed E-state index contributed by atoms with van der Waals surface area (Å²) < 4.78 is 20.3. The first-order chi connectivity index (χ1) is 12.0. The molecule has 0 fully saturated rings. The van der Waals surface area contributed by atoms with Crippen LogP contribution in [0.15, 0.2) is 39.5 Å². The van der Waals surface area contributed by atoms with E-state index in [1.54, 1.807) is 37.3 Å². The Balaban J connectivity index is 2.10. The summed E-state index contributed by atoms with van der Waals surface area (Å²) in [6, 6.07) is 7.97. The van der Waals surface area contributed by atoms with Gasteiger partial charge in [0.25, 0.3) is 0 Å². The second-order valence-corrected chi connectivity index (χ2v) is 5.58. The van der Waals surface area contributed by atoms with E-state index in [1.165, 1.54) is 14.2 Å². The van der Waals surface area contributed by atoms with Crippen LogP contribution in [0, 0.1) is 6.92 Å². The summed E-state index contributed by atoms with van der Waals surface area (Å²) in [6.07, 6.45) is -1.01. The Morgan fingerprint density at radius 2 is 1.76 bits per heavy atom. The van der Waals surface area contributed by atoms with Crippen LogP contribution in [0.25, 0.3) is 0 Å². The van der Waals surface area contributed by atoms with Gasteiger partial charge in [-0.1, -0.05) is 12.1 Å². The quantitative estimate of drug-likeness (QED) is 0.784. The van der Waals surface area contributed by atoms with Gasteiger partial charge in [0, 0.05) is 6.07 Å². The van der Waals surface area contributed by atoms with Gasteiger partial charge in [-0.3, -0.25) is 0 Å². The van der Waals surface area contributed by atoms with E-state index in [0.29, 0.717) is 22.6 Å². The lowest BCUT2D eigenvalue weighted by atomic mass is 9.88. The molecule has 0 spiro atoms. The summed E-state index contributed by atoms with van der Waals surface area (Å²) in [7, 11) is 2.54. The average molecular weight is 344 g/mol. The van der Waals surface area contributed by atoms with Gasteiger partial charge >= 0.3 is 17.6 Å². The smallest absolute Gasteiger partial charge is 0.348 e. The maximum Gasteiger partial charge on any atom is 0.348 e. The SMILES string of the molecule is COC(=O)c1ccc([C@@H]2c3c(cc(C)oc3=O)O[C@H]2C(=O)OC)cc1. The van der Waals surface area contributed by atoms with Crippen LogP contribution >= 0.6 is 0 Å². The van der Waals surface area contributed by atoms with Gasteiger partial charge < -0.3 is 18.6 Å². The number of hydrogen-bond donors (Lipinski definition) is 0. The third-order valence-corrected chi connectivity index (χ3v) is 4.07. The van der Waals surface area contributed by atoms with Gasteiger partial charge in [0.2, 0.25) is 6.10 Å². The predicted molar refractivity (Wildman–Crippen MR) is 85.8 cm³/mol. The summed E-state index contributed by atoms with van der Waals surface area (Å²) in [5, 5.41) is 0. The molecule has 2 aromatic rings. The lowest BCUT2D eigenvalue weighted by Crippen LogP contribution is -2.31. The summed E-state index contributed by atoms with van der Waals surface area (Å²) in [6.45, 7) is 1.62. The van der Waals surface area contributed by atoms with Crippen molar-refractivity contribution in [3.8, 4) is 5.75 Å². The molecule has 2 heterocycles. The second kappa shape index (κ2) is 6.43. The first-order valence-electron chi connectivity index (χ1n) is 7.53. The Labute approximate surface area is 143 Å². The molecular weight excluding hydrogens is 328 g/mol. The molecule has 0 bridgehead atoms. The highest BCUT2D eigenvalue weighted by molar-refractivity contribution is 5.89. The van der Waals surface area contributed by atoms with Gasteiger partial charge in [-0.25, -0.2) is 14.4 Å². The van der Waals surface area contributed by atoms with Crippen molar-refractivity contribution in [3.63, 3.8) is 0 Å². The van der Waals surface area contributed by atoms with Gasteiger partial charge in [-0.2, -0.15) is 0 Å². The van der Waals surface area contributed by atoms with Crippen LogP contribution in [0.4, 0.5) is 0 Å². The Morgan fingerprint density at radius 3 is 2.36 bits per heavy atom. The van der Waals surface area contributed by atoms with E-state index in [-0.39, 0.29) is 5.56 Å². The molecule has 3 rings (SSSR count). The van der Waals surface area contributed by atoms with Gasteiger partial charge in [-0.05, 0) is 24.6 Å². The number of methoxy groups -OCH3 is 2. The molecule has 25 heavy (non-hydrogen) atoms. The van der Waals surface area contributed by atoms with Crippen molar-refractivity contribution in [2.24, 2.45) is 0 Å². The van der Waals surface area contributed by atoms with E-state index < -0.39 is 29.6 Å². The Bertz CT molecular complexity index is 879. The maximum absolute atomic E-state index is 12.3. The van der Waals surface area contributed by atoms with Crippen molar-refractivity contribution in [1.29, 1.82) is 0 Å². The summed E-state index contributed by atoms with van der Waals surface area (Å²) in [5.74, 6) is -1.09. The van der Waals surface area contributed by atoms with Crippen molar-refractivity contribution in [2.45, 2.75) is 18.9 Å². The zero-order valence-corrected chi connectivity index (χ0v) is 13.9. The number of aryl methyl sites for hydroxylation is 1. The summed E-state index contributed by atoms with van der Waals surface area (Å²) >= 11 is 0. The summed E-state index contributed by atoms with van der Waals surface area (Å²) in [5.41, 5.74) is 0.671. The van der Waals surface area contributed by atoms with E-state index in [0.717, 1.165) is 0 Å². The minimum absolute atomic E-state index is 0.256. The molecule has 0 saturated heterocycles. The number of fused-ring (bicyclic) bond motifs is 1. The van der Waals surface area contributed by atoms with E-state index in [4.69, 9.17) is 13.9 Å². The maximum atomic E-state index is 12.3. The highest BCUT2D eigenvalue weighted by Crippen LogP contribution is 2.41. The van der Waals surface area contributed by atoms with Crippen molar-refractivity contribution in [1.82, 2.24) is 0 Å². The molecule has 0 unspecified atom stereocenters. The van der Waals surface area contributed by atoms with Gasteiger partial charge in [0.05, 0.1) is 31.3 Å². The van der Waals surface area contributed by atoms with E-state index >= 15 is 0 Å². The van der Waals surface area contributed by atoms with Crippen LogP contribution in [0.1, 0.15) is 33.2 Å². The minimum atomic E-state index is -1.01. The highest BCUT2D eigenvalue weighted by Gasteiger charge is 2.44. The average Bonchev–Trinajstić information content (AvgIpc) is 3.00. The Kier molecular flexibility index (Phi) is 4.31. The van der Waals surface area contributed by atoms with Crippen LogP contribution in [-0.2, 0) is 14.3 Å². The van der Waals surface area contributed by atoms with Crippen LogP contribution in [0.2, 0.25) is 0 Å². The molecule has 1 aromatic heterocycles. The van der Waals surface area contributed by atoms with Gasteiger partial charge in [0.1, 0.15) is 11.5 Å². The fraction of sp³-hybridized carbons (Fsp3) is 0.278. The molecular formula is C18H16O7. The van der Waals surface area contributed by atoms with Crippen molar-refractivity contribution in [3.05, 3.63) is 63.2 Å². The zero-order chi connectivity index (χ0) is 18.1. The van der Waals surface area contributed by atoms with Crippen molar-refractivity contribution >= 4 is 11.9 Å². The fourth-order valence-corrected chi connectivity index (χ4v) is 2.91. The number of hydrogen-bond acceptors (Lipinski definition) is 7. The van der Waals surface area contributed by atoms with Gasteiger partial charge in [-0.15, -0.1) is 0 Å². The number of ether oxygens (including phenoxy) is 3. The molecule has 7 nitrogen and oxygen atoms in total. The fourth-order valence-electron chi connectivity index (χ4n) is 2.91. The third-order valence-electron chi connectivity index (χ3n) is 4.07. The molecule has 130 valence electrons. The van der Waals surface area contributed by atoms with E-state index in [9.17, 15) is 14.4 Å². The van der Waals surface area contributed by atoms with E-state index in [2.05, 4.69) is 4.74 Å². The topological polar surface area (TPSA) is 92.0 Å². The predicted octanol–water partition coefficient (Wildman–Crippen LogP) is 1.80. The van der Waals surface area contributed by atoms with Gasteiger partial charge in [0.15, 0.2) is 0 Å². The summed E-state index contributed by atoms with van der Waals surface area (Å²) in [4.78, 5) is 36.0. The Morgan fingerprint density at radius 1 is 1.08 bits per heavy atom. The molecule has 7 heteroatoms. The molecule has 0 N–H and O–H groups in total. The highest BCUT2D eigenvalue weighted by atomic mass is 16.6. The number of esters is 2. The monoisotopic (exact) mass is 344 g/mol. The number of benzene rings is 1. The standard InChI is InChI=1S/C18H16O7/c1-9-8-12-14(17(20)24-9)13(15(25-12)18(21)23-3)10-4-6-11(7-5-10)16(19)22-2/h4-8,13,15H,1-3H3/t13-,15-/m1/s1. The van der Waals surface area contributed by atoms with Crippen molar-refractivity contribution < 1.29 is 28.2 Å². The molecule has 1 aromatic carbocycles. The molecule has 1 aliphatic heterocycles. The number of rotatable bonds is 3.